The van der Waals surface area contributed by atoms with Crippen molar-refractivity contribution in [3.63, 3.8) is 0 Å². The average Bonchev–Trinajstić information content (AvgIpc) is 2.38. The average molecular weight is 284 g/mol. The lowest BCUT2D eigenvalue weighted by molar-refractivity contribution is 0.196. The summed E-state index contributed by atoms with van der Waals surface area (Å²) < 4.78 is 26.5. The van der Waals surface area contributed by atoms with E-state index in [1.807, 2.05) is 0 Å². The first-order valence-electron chi connectivity index (χ1n) is 6.28. The van der Waals surface area contributed by atoms with Gasteiger partial charge in [0.15, 0.2) is 0 Å². The summed E-state index contributed by atoms with van der Waals surface area (Å²) in [6.45, 7) is 5.45. The van der Waals surface area contributed by atoms with Gasteiger partial charge in [0.25, 0.3) is 0 Å². The molecule has 0 bridgehead atoms. The van der Waals surface area contributed by atoms with Gasteiger partial charge in [-0.3, -0.25) is 0 Å². The molecule has 1 aromatic rings. The van der Waals surface area contributed by atoms with E-state index in [2.05, 4.69) is 24.3 Å². The number of nitrogen functional groups attached to an aromatic ring is 1. The van der Waals surface area contributed by atoms with Gasteiger partial charge in [0.05, 0.1) is 4.90 Å². The number of nitrogens with zero attached hydrogens (tertiary/aromatic N) is 2. The van der Waals surface area contributed by atoms with E-state index in [0.29, 0.717) is 18.9 Å². The first-order chi connectivity index (χ1) is 8.85. The number of hydrazine groups is 1. The summed E-state index contributed by atoms with van der Waals surface area (Å²) >= 11 is 0. The minimum atomic E-state index is -3.45. The van der Waals surface area contributed by atoms with Gasteiger partial charge in [-0.25, -0.2) is 19.2 Å². The van der Waals surface area contributed by atoms with Gasteiger partial charge in [0.2, 0.25) is 10.0 Å². The molecule has 0 aromatic carbocycles. The first-order valence-corrected chi connectivity index (χ1v) is 7.72. The van der Waals surface area contributed by atoms with E-state index in [-0.39, 0.29) is 10.3 Å². The molecule has 1 fully saturated rings. The van der Waals surface area contributed by atoms with Crippen LogP contribution in [0.25, 0.3) is 0 Å². The molecule has 7 heteroatoms. The van der Waals surface area contributed by atoms with Crippen molar-refractivity contribution in [1.29, 1.82) is 0 Å². The molecule has 2 rings (SSSR count). The number of hydrogen-bond donors (Lipinski definition) is 2. The monoisotopic (exact) mass is 284 g/mol. The molecule has 19 heavy (non-hydrogen) atoms. The third-order valence-electron chi connectivity index (χ3n) is 3.59. The summed E-state index contributed by atoms with van der Waals surface area (Å²) in [6.07, 6.45) is 3.19. The molecule has 3 N–H and O–H groups in total. The van der Waals surface area contributed by atoms with Crippen LogP contribution in [0.3, 0.4) is 0 Å². The van der Waals surface area contributed by atoms with Crippen LogP contribution in [-0.2, 0) is 10.0 Å². The third kappa shape index (κ3) is 3.05. The van der Waals surface area contributed by atoms with Gasteiger partial charge >= 0.3 is 0 Å². The Morgan fingerprint density at radius 3 is 2.58 bits per heavy atom. The summed E-state index contributed by atoms with van der Waals surface area (Å²) in [5, 5.41) is 0. The normalized spacial score (nSPS) is 20.2. The molecule has 0 saturated carbocycles. The number of rotatable bonds is 3. The van der Waals surface area contributed by atoms with Crippen LogP contribution in [-0.4, -0.2) is 30.8 Å². The molecule has 1 aliphatic heterocycles. The van der Waals surface area contributed by atoms with E-state index >= 15 is 0 Å². The van der Waals surface area contributed by atoms with E-state index in [1.165, 1.54) is 22.6 Å². The summed E-state index contributed by atoms with van der Waals surface area (Å²) in [6, 6.07) is 2.95. The quantitative estimate of drug-likeness (QED) is 0.642. The number of piperidine rings is 1. The van der Waals surface area contributed by atoms with Crippen LogP contribution in [0.4, 0.5) is 5.82 Å². The fraction of sp³-hybridized carbons (Fsp3) is 0.583. The smallest absolute Gasteiger partial charge is 0.243 e. The molecule has 1 aliphatic rings. The van der Waals surface area contributed by atoms with Gasteiger partial charge < -0.3 is 5.43 Å². The highest BCUT2D eigenvalue weighted by atomic mass is 32.2. The predicted octanol–water partition coefficient (Wildman–Crippen LogP) is 1.18. The molecule has 6 nitrogen and oxygen atoms in total. The van der Waals surface area contributed by atoms with Crippen LogP contribution in [0.15, 0.2) is 23.2 Å². The zero-order valence-electron chi connectivity index (χ0n) is 11.3. The van der Waals surface area contributed by atoms with Crippen LogP contribution in [0, 0.1) is 5.41 Å². The number of nitrogens with one attached hydrogen (secondary N) is 1. The van der Waals surface area contributed by atoms with Crippen LogP contribution in [0.1, 0.15) is 26.7 Å². The van der Waals surface area contributed by atoms with Crippen LogP contribution < -0.4 is 11.3 Å². The predicted molar refractivity (Wildman–Crippen MR) is 73.8 cm³/mol. The molecule has 1 saturated heterocycles. The summed E-state index contributed by atoms with van der Waals surface area (Å²) in [5.41, 5.74) is 2.58. The van der Waals surface area contributed by atoms with Gasteiger partial charge in [-0.05, 0) is 24.3 Å². The minimum Gasteiger partial charge on any atom is -0.308 e. The Hall–Kier alpha value is -1.18. The van der Waals surface area contributed by atoms with E-state index < -0.39 is 10.0 Å². The van der Waals surface area contributed by atoms with Gasteiger partial charge in [0, 0.05) is 25.4 Å². The van der Waals surface area contributed by atoms with Crippen LogP contribution in [0.5, 0.6) is 0 Å². The Kier molecular flexibility index (Phi) is 3.80. The molecule has 0 atom stereocenters. The van der Waals surface area contributed by atoms with Crippen molar-refractivity contribution in [3.05, 3.63) is 18.3 Å². The lowest BCUT2D eigenvalue weighted by Gasteiger charge is -2.36. The van der Waals surface area contributed by atoms with Crippen molar-refractivity contribution < 1.29 is 8.42 Å². The Labute approximate surface area is 114 Å². The van der Waals surface area contributed by atoms with E-state index in [1.54, 1.807) is 0 Å². The molecular formula is C12H20N4O2S. The summed E-state index contributed by atoms with van der Waals surface area (Å²) in [7, 11) is -3.45. The number of hydrogen-bond acceptors (Lipinski definition) is 5. The van der Waals surface area contributed by atoms with E-state index in [4.69, 9.17) is 5.84 Å². The Balaban J connectivity index is 2.23. The maximum atomic E-state index is 12.5. The largest absolute Gasteiger partial charge is 0.308 e. The minimum absolute atomic E-state index is 0.217. The summed E-state index contributed by atoms with van der Waals surface area (Å²) in [5.74, 6) is 5.60. The van der Waals surface area contributed by atoms with Crippen molar-refractivity contribution in [2.24, 2.45) is 11.3 Å². The zero-order chi connectivity index (χ0) is 14.1. The van der Waals surface area contributed by atoms with Crippen molar-refractivity contribution >= 4 is 15.8 Å². The Morgan fingerprint density at radius 1 is 1.37 bits per heavy atom. The highest BCUT2D eigenvalue weighted by molar-refractivity contribution is 7.89. The third-order valence-corrected chi connectivity index (χ3v) is 5.49. The second-order valence-electron chi connectivity index (χ2n) is 5.59. The molecule has 0 aliphatic carbocycles. The van der Waals surface area contributed by atoms with Crippen molar-refractivity contribution in [2.75, 3.05) is 18.5 Å². The Bertz CT molecular complexity index is 547. The second-order valence-corrected chi connectivity index (χ2v) is 7.53. The molecule has 0 unspecified atom stereocenters. The lowest BCUT2D eigenvalue weighted by Crippen LogP contribution is -2.41. The molecule has 106 valence electrons. The molecule has 0 radical (unpaired) electrons. The second kappa shape index (κ2) is 5.07. The number of sulfonamides is 1. The molecule has 2 heterocycles. The highest BCUT2D eigenvalue weighted by Crippen LogP contribution is 2.32. The first kappa shape index (κ1) is 14.2. The number of pyridine rings is 1. The number of aromatic nitrogens is 1. The van der Waals surface area contributed by atoms with Crippen LogP contribution >= 0.6 is 0 Å². The van der Waals surface area contributed by atoms with E-state index in [0.717, 1.165) is 12.8 Å². The van der Waals surface area contributed by atoms with Crippen molar-refractivity contribution in [3.8, 4) is 0 Å². The van der Waals surface area contributed by atoms with Gasteiger partial charge in [0.1, 0.15) is 5.82 Å². The van der Waals surface area contributed by atoms with Gasteiger partial charge in [-0.15, -0.1) is 0 Å². The molecule has 0 amide bonds. The maximum Gasteiger partial charge on any atom is 0.243 e. The topological polar surface area (TPSA) is 88.3 Å². The van der Waals surface area contributed by atoms with Crippen molar-refractivity contribution in [2.45, 2.75) is 31.6 Å². The number of nitrogens with two attached hydrogens (primary N) is 1. The molecule has 1 aromatic heterocycles. The standard InChI is InChI=1S/C12H20N4O2S/c1-12(2)4-7-16(8-5-12)19(17,18)10-3-6-14-11(9-10)15-13/h3,6,9H,4-5,7-8,13H2,1-2H3,(H,14,15). The van der Waals surface area contributed by atoms with E-state index in [9.17, 15) is 8.42 Å². The lowest BCUT2D eigenvalue weighted by atomic mass is 9.83. The highest BCUT2D eigenvalue weighted by Gasteiger charge is 2.32. The SMILES string of the molecule is CC1(C)CCN(S(=O)(=O)c2ccnc(NN)c2)CC1. The van der Waals surface area contributed by atoms with Crippen LogP contribution in [0.2, 0.25) is 0 Å². The van der Waals surface area contributed by atoms with Crippen molar-refractivity contribution in [1.82, 2.24) is 9.29 Å². The molecular weight excluding hydrogens is 264 g/mol. The fourth-order valence-corrected chi connectivity index (χ4v) is 3.59. The zero-order valence-corrected chi connectivity index (χ0v) is 12.1. The number of anilines is 1. The summed E-state index contributed by atoms with van der Waals surface area (Å²) in [4.78, 5) is 4.15. The van der Waals surface area contributed by atoms with Gasteiger partial charge in [-0.2, -0.15) is 4.31 Å². The molecule has 0 spiro atoms. The fourth-order valence-electron chi connectivity index (χ4n) is 2.13. The maximum absolute atomic E-state index is 12.5. The Morgan fingerprint density at radius 2 is 2.00 bits per heavy atom. The van der Waals surface area contributed by atoms with Gasteiger partial charge in [-0.1, -0.05) is 13.8 Å².